The number of rotatable bonds is 9. The number of hydrogen-bond acceptors (Lipinski definition) is 2. The van der Waals surface area contributed by atoms with E-state index in [0.717, 1.165) is 13.0 Å². The molecule has 7 rings (SSSR count). The zero-order valence-electron chi connectivity index (χ0n) is 26.6. The van der Waals surface area contributed by atoms with Crippen molar-refractivity contribution in [3.05, 3.63) is 125 Å². The lowest BCUT2D eigenvalue weighted by Crippen LogP contribution is -2.24. The van der Waals surface area contributed by atoms with E-state index in [2.05, 4.69) is 136 Å². The van der Waals surface area contributed by atoms with Crippen molar-refractivity contribution < 1.29 is 4.74 Å². The van der Waals surface area contributed by atoms with Crippen molar-refractivity contribution in [1.29, 1.82) is 0 Å². The van der Waals surface area contributed by atoms with E-state index in [-0.39, 0.29) is 5.60 Å². The molecule has 0 aromatic heterocycles. The molecule has 1 heterocycles. The van der Waals surface area contributed by atoms with Crippen LogP contribution in [-0.4, -0.2) is 31.3 Å². The number of hydrogen-bond donors (Lipinski definition) is 0. The predicted molar refractivity (Wildman–Crippen MR) is 186 cm³/mol. The van der Waals surface area contributed by atoms with Gasteiger partial charge in [0.1, 0.15) is 0 Å². The van der Waals surface area contributed by atoms with E-state index in [0.29, 0.717) is 22.5 Å². The molecular formula is C40H47NOS. The Morgan fingerprint density at radius 2 is 1.19 bits per heavy atom. The van der Waals surface area contributed by atoms with Crippen molar-refractivity contribution in [1.82, 2.24) is 0 Å². The fraction of sp³-hybridized carbons (Fsp3) is 0.400. The normalized spacial score (nSPS) is 22.3. The molecule has 4 aromatic carbocycles. The van der Waals surface area contributed by atoms with Crippen molar-refractivity contribution in [3.8, 4) is 11.1 Å². The number of ether oxygens (including phenoxy) is 1. The van der Waals surface area contributed by atoms with E-state index < -0.39 is 10.0 Å². The van der Waals surface area contributed by atoms with Gasteiger partial charge in [0.15, 0.2) is 0 Å². The molecule has 4 aromatic rings. The smallest absolute Gasteiger partial charge is 0.0625 e. The van der Waals surface area contributed by atoms with Gasteiger partial charge in [-0.25, -0.2) is 10.0 Å². The minimum atomic E-state index is -1.23. The molecule has 0 amide bonds. The first-order valence-corrected chi connectivity index (χ1v) is 18.6. The van der Waals surface area contributed by atoms with Crippen LogP contribution in [0.1, 0.15) is 96.7 Å². The molecule has 224 valence electrons. The average Bonchev–Trinajstić information content (AvgIpc) is 3.63. The summed E-state index contributed by atoms with van der Waals surface area (Å²) in [5.74, 6) is 1.77. The van der Waals surface area contributed by atoms with E-state index in [4.69, 9.17) is 4.74 Å². The Morgan fingerprint density at radius 1 is 0.651 bits per heavy atom. The topological polar surface area (TPSA) is 12.5 Å². The Hall–Kier alpha value is -3.01. The highest BCUT2D eigenvalue weighted by molar-refractivity contribution is 8.33. The van der Waals surface area contributed by atoms with Gasteiger partial charge < -0.3 is 9.64 Å². The van der Waals surface area contributed by atoms with Gasteiger partial charge in [-0.3, -0.25) is 0 Å². The van der Waals surface area contributed by atoms with E-state index in [1.807, 2.05) is 0 Å². The third-order valence-corrected chi connectivity index (χ3v) is 14.7. The van der Waals surface area contributed by atoms with Gasteiger partial charge in [-0.1, -0.05) is 104 Å². The number of anilines is 1. The van der Waals surface area contributed by atoms with Crippen molar-refractivity contribution in [3.63, 3.8) is 0 Å². The van der Waals surface area contributed by atoms with E-state index in [9.17, 15) is 0 Å². The molecule has 3 aliphatic rings. The van der Waals surface area contributed by atoms with Crippen LogP contribution in [0.25, 0.3) is 11.1 Å². The lowest BCUT2D eigenvalue weighted by Gasteiger charge is -2.50. The summed E-state index contributed by atoms with van der Waals surface area (Å²) in [5, 5.41) is 0.951. The van der Waals surface area contributed by atoms with Crippen LogP contribution in [0.5, 0.6) is 0 Å². The fourth-order valence-electron chi connectivity index (χ4n) is 8.57. The molecule has 43 heavy (non-hydrogen) atoms. The molecule has 0 saturated carbocycles. The Bertz CT molecular complexity index is 1580. The van der Waals surface area contributed by atoms with Crippen LogP contribution in [-0.2, 0) is 4.74 Å². The summed E-state index contributed by atoms with van der Waals surface area (Å²) < 4.78 is 6.05. The second-order valence-corrected chi connectivity index (χ2v) is 17.9. The molecule has 0 spiro atoms. The largest absolute Gasteiger partial charge is 0.376 e. The number of nitrogens with zero attached hydrogens (tertiary/aromatic N) is 1. The van der Waals surface area contributed by atoms with Crippen molar-refractivity contribution in [2.75, 3.05) is 30.6 Å². The Balaban J connectivity index is 1.31. The molecule has 0 N–H and O–H groups in total. The first kappa shape index (κ1) is 28.7. The van der Waals surface area contributed by atoms with Crippen molar-refractivity contribution in [2.45, 2.75) is 74.5 Å². The highest BCUT2D eigenvalue weighted by Crippen LogP contribution is 2.80. The molecule has 0 fully saturated rings. The predicted octanol–water partition coefficient (Wildman–Crippen LogP) is 10.6. The van der Waals surface area contributed by atoms with Gasteiger partial charge in [0.05, 0.1) is 11.6 Å². The van der Waals surface area contributed by atoms with Crippen LogP contribution in [0.3, 0.4) is 0 Å². The summed E-state index contributed by atoms with van der Waals surface area (Å²) in [6.45, 7) is 7.33. The van der Waals surface area contributed by atoms with E-state index in [1.165, 1.54) is 41.8 Å². The van der Waals surface area contributed by atoms with Gasteiger partial charge in [0.25, 0.3) is 0 Å². The average molecular weight is 590 g/mol. The first-order chi connectivity index (χ1) is 20.8. The minimum absolute atomic E-state index is 0.0525. The summed E-state index contributed by atoms with van der Waals surface area (Å²) >= 11 is 0. The van der Waals surface area contributed by atoms with Crippen molar-refractivity contribution >= 4 is 15.7 Å². The maximum Gasteiger partial charge on any atom is 0.0625 e. The number of benzene rings is 4. The molecule has 2 aliphatic carbocycles. The summed E-state index contributed by atoms with van der Waals surface area (Å²) in [6, 6.07) is 37.8. The number of para-hydroxylation sites is 1. The zero-order chi connectivity index (χ0) is 29.8. The highest BCUT2D eigenvalue weighted by atomic mass is 32.3. The monoisotopic (exact) mass is 589 g/mol. The summed E-state index contributed by atoms with van der Waals surface area (Å²) in [4.78, 5) is 2.59. The number of likely N-dealkylation sites (N-methyl/N-ethyl adjacent to an activating group) is 1. The fourth-order valence-corrected chi connectivity index (χ4v) is 13.5. The SMILES string of the molecule is CN1c2ccccc2C2C1c1ccccc1C2S(C)(CCCCCCOC(C)(C)C)C1c2ccccc2-c2ccccc21. The Kier molecular flexibility index (Phi) is 7.46. The van der Waals surface area contributed by atoms with Crippen LogP contribution >= 0.6 is 10.0 Å². The second kappa shape index (κ2) is 11.2. The molecular weight excluding hydrogens is 543 g/mol. The lowest BCUT2D eigenvalue weighted by molar-refractivity contribution is -0.00470. The van der Waals surface area contributed by atoms with Crippen LogP contribution < -0.4 is 4.90 Å². The molecule has 0 saturated heterocycles. The lowest BCUT2D eigenvalue weighted by atomic mass is 9.95. The summed E-state index contributed by atoms with van der Waals surface area (Å²) in [6.07, 6.45) is 7.67. The molecule has 0 radical (unpaired) electrons. The van der Waals surface area contributed by atoms with Gasteiger partial charge in [-0.15, -0.1) is 0 Å². The zero-order valence-corrected chi connectivity index (χ0v) is 27.4. The van der Waals surface area contributed by atoms with Gasteiger partial charge in [0, 0.05) is 35.8 Å². The Labute approximate surface area is 260 Å². The summed E-state index contributed by atoms with van der Waals surface area (Å²) in [5.41, 5.74) is 12.1. The Morgan fingerprint density at radius 3 is 1.84 bits per heavy atom. The molecule has 3 heteroatoms. The molecule has 4 atom stereocenters. The van der Waals surface area contributed by atoms with Crippen LogP contribution in [0.4, 0.5) is 5.69 Å². The number of fused-ring (bicyclic) bond motifs is 8. The maximum atomic E-state index is 6.05. The number of unbranched alkanes of at least 4 members (excludes halogenated alkanes) is 3. The molecule has 1 aliphatic heterocycles. The van der Waals surface area contributed by atoms with Gasteiger partial charge in [-0.05, 0) is 90.6 Å². The third-order valence-electron chi connectivity index (χ3n) is 10.3. The van der Waals surface area contributed by atoms with E-state index in [1.54, 1.807) is 27.8 Å². The standard InChI is InChI=1S/C40H47NOS/c1-40(2,3)42-26-16-6-7-17-27-43(5,38-31-21-11-8-18-28(31)29-19-9-12-22-32(29)38)39-33-23-13-10-20-30(33)37-36(39)34-24-14-15-25-35(34)41(37)4/h8-15,18-25,36-39H,6-7,16-17,26-27H2,1-5H3. The van der Waals surface area contributed by atoms with Crippen LogP contribution in [0.15, 0.2) is 97.1 Å². The first-order valence-electron chi connectivity index (χ1n) is 16.3. The van der Waals surface area contributed by atoms with Crippen molar-refractivity contribution in [2.24, 2.45) is 0 Å². The van der Waals surface area contributed by atoms with Gasteiger partial charge in [0.2, 0.25) is 0 Å². The second-order valence-electron chi connectivity index (χ2n) is 14.1. The van der Waals surface area contributed by atoms with Crippen LogP contribution in [0.2, 0.25) is 0 Å². The molecule has 4 unspecified atom stereocenters. The quantitative estimate of drug-likeness (QED) is 0.180. The van der Waals surface area contributed by atoms with Gasteiger partial charge in [-0.2, -0.15) is 0 Å². The molecule has 2 nitrogen and oxygen atoms in total. The van der Waals surface area contributed by atoms with E-state index >= 15 is 0 Å². The summed E-state index contributed by atoms with van der Waals surface area (Å²) in [7, 11) is 1.10. The third kappa shape index (κ3) is 4.84. The highest BCUT2D eigenvalue weighted by Gasteiger charge is 2.56. The minimum Gasteiger partial charge on any atom is -0.376 e. The maximum absolute atomic E-state index is 6.05. The molecule has 0 bridgehead atoms. The van der Waals surface area contributed by atoms with Gasteiger partial charge >= 0.3 is 0 Å². The van der Waals surface area contributed by atoms with Crippen LogP contribution in [0, 0.1) is 0 Å².